The Morgan fingerprint density at radius 1 is 1.21 bits per heavy atom. The van der Waals surface area contributed by atoms with Crippen molar-refractivity contribution < 1.29 is 21.6 Å². The molecule has 2 heterocycles. The predicted molar refractivity (Wildman–Crippen MR) is 84.1 cm³/mol. The molecule has 2 rings (SSSR count). The summed E-state index contributed by atoms with van der Waals surface area (Å²) in [6, 6.07) is 1.62. The molecule has 0 atom stereocenters. The first kappa shape index (κ1) is 18.9. The average Bonchev–Trinajstić information content (AvgIpc) is 2.51. The van der Waals surface area contributed by atoms with Crippen molar-refractivity contribution in [1.29, 1.82) is 0 Å². The number of piperidine rings is 1. The van der Waals surface area contributed by atoms with Crippen LogP contribution in [-0.4, -0.2) is 43.4 Å². The number of nitrogens with zero attached hydrogens (tertiary/aromatic N) is 3. The summed E-state index contributed by atoms with van der Waals surface area (Å²) >= 11 is 0. The van der Waals surface area contributed by atoms with Crippen LogP contribution in [0.25, 0.3) is 0 Å². The first-order valence-electron chi connectivity index (χ1n) is 7.78. The van der Waals surface area contributed by atoms with Gasteiger partial charge in [0.2, 0.25) is 16.0 Å². The minimum Gasteiger partial charge on any atom is -0.341 e. The van der Waals surface area contributed by atoms with Crippen LogP contribution in [0.4, 0.5) is 19.1 Å². The summed E-state index contributed by atoms with van der Waals surface area (Å²) in [7, 11) is -4.01. The van der Waals surface area contributed by atoms with Gasteiger partial charge < -0.3 is 4.90 Å². The third-order valence-electron chi connectivity index (χ3n) is 3.66. The molecular formula is C14H21F3N4O2S. The van der Waals surface area contributed by atoms with Crippen molar-refractivity contribution in [3.05, 3.63) is 17.5 Å². The molecule has 1 saturated heterocycles. The number of aromatic nitrogens is 2. The molecule has 1 aromatic rings. The Morgan fingerprint density at radius 2 is 1.88 bits per heavy atom. The highest BCUT2D eigenvalue weighted by Gasteiger charge is 2.29. The number of sulfonamides is 1. The number of anilines is 1. The Morgan fingerprint density at radius 3 is 2.50 bits per heavy atom. The van der Waals surface area contributed by atoms with Gasteiger partial charge in [-0.05, 0) is 32.3 Å². The second-order valence-electron chi connectivity index (χ2n) is 5.85. The summed E-state index contributed by atoms with van der Waals surface area (Å²) in [6.45, 7) is 3.32. The van der Waals surface area contributed by atoms with E-state index in [4.69, 9.17) is 0 Å². The van der Waals surface area contributed by atoms with Gasteiger partial charge in [-0.1, -0.05) is 0 Å². The molecule has 0 aliphatic carbocycles. The molecule has 1 aromatic heterocycles. The molecule has 136 valence electrons. The van der Waals surface area contributed by atoms with Crippen LogP contribution >= 0.6 is 0 Å². The number of rotatable bonds is 6. The van der Waals surface area contributed by atoms with Crippen LogP contribution in [0.15, 0.2) is 6.07 Å². The zero-order chi connectivity index (χ0) is 17.8. The van der Waals surface area contributed by atoms with E-state index in [2.05, 4.69) is 14.7 Å². The van der Waals surface area contributed by atoms with Crippen molar-refractivity contribution in [2.75, 3.05) is 23.7 Å². The standard InChI is InChI=1S/C14H21F3N4O2S/c1-11-9-12(10-18-24(22,23)8-5-14(15,16)17)20-13(19-11)21-6-3-2-4-7-21/h9,18H,2-8,10H2,1H3. The second kappa shape index (κ2) is 7.64. The van der Waals surface area contributed by atoms with E-state index in [1.54, 1.807) is 13.0 Å². The van der Waals surface area contributed by atoms with Gasteiger partial charge in [0.05, 0.1) is 24.4 Å². The van der Waals surface area contributed by atoms with Crippen molar-refractivity contribution in [3.8, 4) is 0 Å². The summed E-state index contributed by atoms with van der Waals surface area (Å²) in [4.78, 5) is 10.7. The molecular weight excluding hydrogens is 345 g/mol. The van der Waals surface area contributed by atoms with E-state index in [1.807, 2.05) is 4.90 Å². The number of aryl methyl sites for hydroxylation is 1. The summed E-state index contributed by atoms with van der Waals surface area (Å²) < 4.78 is 61.9. The fourth-order valence-corrected chi connectivity index (χ4v) is 3.46. The molecule has 0 radical (unpaired) electrons. The molecule has 0 spiro atoms. The molecule has 10 heteroatoms. The highest BCUT2D eigenvalue weighted by atomic mass is 32.2. The topological polar surface area (TPSA) is 75.2 Å². The van der Waals surface area contributed by atoms with Crippen molar-refractivity contribution in [1.82, 2.24) is 14.7 Å². The molecule has 6 nitrogen and oxygen atoms in total. The zero-order valence-electron chi connectivity index (χ0n) is 13.4. The third kappa shape index (κ3) is 6.23. The number of alkyl halides is 3. The van der Waals surface area contributed by atoms with Crippen molar-refractivity contribution in [2.24, 2.45) is 0 Å². The van der Waals surface area contributed by atoms with Crippen molar-refractivity contribution >= 4 is 16.0 Å². The predicted octanol–water partition coefficient (Wildman–Crippen LogP) is 2.15. The number of halogens is 3. The van der Waals surface area contributed by atoms with E-state index in [9.17, 15) is 21.6 Å². The Labute approximate surface area is 139 Å². The highest BCUT2D eigenvalue weighted by molar-refractivity contribution is 7.89. The minimum absolute atomic E-state index is 0.148. The Kier molecular flexibility index (Phi) is 6.02. The fraction of sp³-hybridized carbons (Fsp3) is 0.714. The van der Waals surface area contributed by atoms with E-state index in [0.717, 1.165) is 32.4 Å². The number of hydrogen-bond donors (Lipinski definition) is 1. The molecule has 1 fully saturated rings. The first-order valence-corrected chi connectivity index (χ1v) is 9.43. The molecule has 0 amide bonds. The lowest BCUT2D eigenvalue weighted by Crippen LogP contribution is -2.32. The van der Waals surface area contributed by atoms with Gasteiger partial charge >= 0.3 is 6.18 Å². The number of nitrogens with one attached hydrogen (secondary N) is 1. The van der Waals surface area contributed by atoms with Crippen molar-refractivity contribution in [3.63, 3.8) is 0 Å². The Balaban J connectivity index is 2.00. The number of hydrogen-bond acceptors (Lipinski definition) is 5. The zero-order valence-corrected chi connectivity index (χ0v) is 14.3. The van der Waals surface area contributed by atoms with Crippen LogP contribution in [0.3, 0.4) is 0 Å². The van der Waals surface area contributed by atoms with E-state index in [0.29, 0.717) is 17.3 Å². The smallest absolute Gasteiger partial charge is 0.341 e. The van der Waals surface area contributed by atoms with Gasteiger partial charge in [-0.2, -0.15) is 13.2 Å². The fourth-order valence-electron chi connectivity index (χ4n) is 2.45. The van der Waals surface area contributed by atoms with Gasteiger partial charge in [-0.3, -0.25) is 0 Å². The van der Waals surface area contributed by atoms with Crippen LogP contribution in [0, 0.1) is 6.92 Å². The van der Waals surface area contributed by atoms with E-state index in [1.165, 1.54) is 0 Å². The lowest BCUT2D eigenvalue weighted by molar-refractivity contribution is -0.129. The SMILES string of the molecule is Cc1cc(CNS(=O)(=O)CCC(F)(F)F)nc(N2CCCCC2)n1. The molecule has 1 aliphatic heterocycles. The normalized spacial score (nSPS) is 16.4. The van der Waals surface area contributed by atoms with Crippen LogP contribution in [-0.2, 0) is 16.6 Å². The summed E-state index contributed by atoms with van der Waals surface area (Å²) in [5.74, 6) is -0.446. The van der Waals surface area contributed by atoms with Gasteiger partial charge in [0.1, 0.15) is 0 Å². The molecule has 1 N–H and O–H groups in total. The highest BCUT2D eigenvalue weighted by Crippen LogP contribution is 2.20. The molecule has 0 aromatic carbocycles. The van der Waals surface area contributed by atoms with Gasteiger partial charge in [-0.15, -0.1) is 0 Å². The second-order valence-corrected chi connectivity index (χ2v) is 7.78. The minimum atomic E-state index is -4.50. The molecule has 0 bridgehead atoms. The van der Waals surface area contributed by atoms with Crippen LogP contribution < -0.4 is 9.62 Å². The maximum atomic E-state index is 12.1. The molecule has 24 heavy (non-hydrogen) atoms. The van der Waals surface area contributed by atoms with Crippen LogP contribution in [0.2, 0.25) is 0 Å². The van der Waals surface area contributed by atoms with Gasteiger partial charge in [0, 0.05) is 18.8 Å². The van der Waals surface area contributed by atoms with Gasteiger partial charge in [0.15, 0.2) is 0 Å². The Bertz CT molecular complexity index is 658. The lowest BCUT2D eigenvalue weighted by Gasteiger charge is -2.27. The summed E-state index contributed by atoms with van der Waals surface area (Å²) in [6.07, 6.45) is -2.60. The molecule has 1 aliphatic rings. The van der Waals surface area contributed by atoms with Gasteiger partial charge in [0.25, 0.3) is 0 Å². The van der Waals surface area contributed by atoms with Crippen LogP contribution in [0.1, 0.15) is 37.1 Å². The largest absolute Gasteiger partial charge is 0.390 e. The van der Waals surface area contributed by atoms with E-state index in [-0.39, 0.29) is 6.54 Å². The lowest BCUT2D eigenvalue weighted by atomic mass is 10.1. The van der Waals surface area contributed by atoms with E-state index >= 15 is 0 Å². The van der Waals surface area contributed by atoms with E-state index < -0.39 is 28.4 Å². The molecule has 0 saturated carbocycles. The van der Waals surface area contributed by atoms with Crippen molar-refractivity contribution in [2.45, 2.75) is 45.3 Å². The molecule has 0 unspecified atom stereocenters. The average molecular weight is 366 g/mol. The maximum Gasteiger partial charge on any atom is 0.390 e. The van der Waals surface area contributed by atoms with Gasteiger partial charge in [-0.25, -0.2) is 23.1 Å². The third-order valence-corrected chi connectivity index (χ3v) is 4.99. The summed E-state index contributed by atoms with van der Waals surface area (Å²) in [5, 5.41) is 0. The van der Waals surface area contributed by atoms with Crippen LogP contribution in [0.5, 0.6) is 0 Å². The summed E-state index contributed by atoms with van der Waals surface area (Å²) in [5.41, 5.74) is 1.13. The monoisotopic (exact) mass is 366 g/mol. The maximum absolute atomic E-state index is 12.1. The first-order chi connectivity index (χ1) is 11.1. The quantitative estimate of drug-likeness (QED) is 0.835. The Hall–Kier alpha value is -1.42.